The van der Waals surface area contributed by atoms with Gasteiger partial charge in [-0.2, -0.15) is 0 Å². The van der Waals surface area contributed by atoms with Gasteiger partial charge in [0.05, 0.1) is 6.61 Å². The molecule has 1 aliphatic rings. The molecule has 152 valence electrons. The zero-order valence-electron chi connectivity index (χ0n) is 16.7. The van der Waals surface area contributed by atoms with Crippen LogP contribution in [0.4, 0.5) is 0 Å². The molecule has 3 rings (SSSR count). The number of carbonyl (C=O) groups is 2. The number of likely N-dealkylation sites (tertiary alicyclic amines) is 1. The summed E-state index contributed by atoms with van der Waals surface area (Å²) in [6.45, 7) is 3.55. The summed E-state index contributed by atoms with van der Waals surface area (Å²) in [6.07, 6.45) is 2.09. The predicted octanol–water partition coefficient (Wildman–Crippen LogP) is 3.44. The molecule has 2 aromatic carbocycles. The summed E-state index contributed by atoms with van der Waals surface area (Å²) in [5.74, 6) is 0.212. The molecule has 6 heteroatoms. The minimum atomic E-state index is -0.149. The van der Waals surface area contributed by atoms with E-state index in [4.69, 9.17) is 15.9 Å². The van der Waals surface area contributed by atoms with E-state index in [1.165, 1.54) is 0 Å². The van der Waals surface area contributed by atoms with Gasteiger partial charge in [-0.15, -0.1) is 0 Å². The second kappa shape index (κ2) is 9.37. The van der Waals surface area contributed by atoms with Crippen LogP contribution in [0.1, 0.15) is 42.1 Å². The highest BCUT2D eigenvalue weighted by molar-refractivity contribution is 5.96. The number of esters is 1. The fourth-order valence-electron chi connectivity index (χ4n) is 3.63. The summed E-state index contributed by atoms with van der Waals surface area (Å²) in [5, 5.41) is 7.46. The third kappa shape index (κ3) is 5.22. The lowest BCUT2D eigenvalue weighted by molar-refractivity contribution is -0.144. The number of carbonyl (C=O) groups excluding carboxylic acids is 2. The number of ether oxygens (including phenoxy) is 1. The third-order valence-electron chi connectivity index (χ3n) is 5.32. The molecule has 3 N–H and O–H groups in total. The average molecular weight is 393 g/mol. The maximum Gasteiger partial charge on any atom is 0.306 e. The number of benzene rings is 2. The molecule has 6 nitrogen and oxygen atoms in total. The molecule has 2 aromatic rings. The van der Waals surface area contributed by atoms with Gasteiger partial charge >= 0.3 is 5.97 Å². The first-order valence-corrected chi connectivity index (χ1v) is 9.97. The molecule has 1 aliphatic heterocycles. The Morgan fingerprint density at radius 3 is 2.00 bits per heavy atom. The van der Waals surface area contributed by atoms with E-state index in [0.717, 1.165) is 24.0 Å². The minimum Gasteiger partial charge on any atom is -0.466 e. The monoisotopic (exact) mass is 393 g/mol. The predicted molar refractivity (Wildman–Crippen MR) is 113 cm³/mol. The fraction of sp³-hybridized carbons (Fsp3) is 0.348. The van der Waals surface area contributed by atoms with Gasteiger partial charge in [0.1, 0.15) is 5.84 Å². The quantitative estimate of drug-likeness (QED) is 0.446. The SMILES string of the molecule is CCOC(=O)CC1CCN(C(=O)c2ccc(-c3ccc(C(=N)N)cc3)cc2)CC1. The number of nitrogens with two attached hydrogens (primary N) is 1. The molecule has 0 unspecified atom stereocenters. The maximum absolute atomic E-state index is 12.8. The summed E-state index contributed by atoms with van der Waals surface area (Å²) in [6, 6.07) is 15.0. The molecular formula is C23H27N3O3. The number of nitrogen functional groups attached to an aromatic ring is 1. The lowest BCUT2D eigenvalue weighted by atomic mass is 9.93. The zero-order valence-corrected chi connectivity index (χ0v) is 16.7. The summed E-state index contributed by atoms with van der Waals surface area (Å²) in [4.78, 5) is 26.3. The highest BCUT2D eigenvalue weighted by Crippen LogP contribution is 2.24. The Bertz CT molecular complexity index is 867. The number of piperidine rings is 1. The Balaban J connectivity index is 1.58. The minimum absolute atomic E-state index is 0.0260. The van der Waals surface area contributed by atoms with Crippen molar-refractivity contribution < 1.29 is 14.3 Å². The van der Waals surface area contributed by atoms with Crippen molar-refractivity contribution in [3.05, 3.63) is 59.7 Å². The number of nitrogens with one attached hydrogen (secondary N) is 1. The van der Waals surface area contributed by atoms with Gasteiger partial charge in [-0.3, -0.25) is 15.0 Å². The van der Waals surface area contributed by atoms with Gasteiger partial charge in [0.25, 0.3) is 5.91 Å². The van der Waals surface area contributed by atoms with Crippen molar-refractivity contribution in [1.29, 1.82) is 5.41 Å². The molecule has 1 heterocycles. The van der Waals surface area contributed by atoms with Gasteiger partial charge in [-0.05, 0) is 48.9 Å². The molecule has 0 aromatic heterocycles. The number of amides is 1. The molecule has 1 fully saturated rings. The normalized spacial score (nSPS) is 14.4. The highest BCUT2D eigenvalue weighted by atomic mass is 16.5. The molecule has 0 bridgehead atoms. The van der Waals surface area contributed by atoms with Crippen LogP contribution < -0.4 is 5.73 Å². The van der Waals surface area contributed by atoms with Gasteiger partial charge in [-0.1, -0.05) is 36.4 Å². The van der Waals surface area contributed by atoms with Crippen LogP contribution in [0.3, 0.4) is 0 Å². The van der Waals surface area contributed by atoms with Crippen molar-refractivity contribution in [3.63, 3.8) is 0 Å². The van der Waals surface area contributed by atoms with Crippen molar-refractivity contribution in [2.75, 3.05) is 19.7 Å². The third-order valence-corrected chi connectivity index (χ3v) is 5.32. The Hall–Kier alpha value is -3.15. The van der Waals surface area contributed by atoms with E-state index in [1.807, 2.05) is 60.4 Å². The first kappa shape index (κ1) is 20.6. The second-order valence-corrected chi connectivity index (χ2v) is 7.31. The maximum atomic E-state index is 12.8. The van der Waals surface area contributed by atoms with E-state index in [1.54, 1.807) is 0 Å². The van der Waals surface area contributed by atoms with Crippen molar-refractivity contribution in [3.8, 4) is 11.1 Å². The average Bonchev–Trinajstić information content (AvgIpc) is 2.74. The summed E-state index contributed by atoms with van der Waals surface area (Å²) in [5.41, 5.74) is 8.85. The van der Waals surface area contributed by atoms with E-state index in [-0.39, 0.29) is 17.7 Å². The molecule has 0 saturated carbocycles. The van der Waals surface area contributed by atoms with E-state index >= 15 is 0 Å². The number of amidine groups is 1. The largest absolute Gasteiger partial charge is 0.466 e. The van der Waals surface area contributed by atoms with Crippen LogP contribution >= 0.6 is 0 Å². The Morgan fingerprint density at radius 1 is 1.00 bits per heavy atom. The van der Waals surface area contributed by atoms with Crippen LogP contribution in [0.2, 0.25) is 0 Å². The van der Waals surface area contributed by atoms with Crippen LogP contribution in [0.15, 0.2) is 48.5 Å². The standard InChI is InChI=1S/C23H27N3O3/c1-2-29-21(27)15-16-11-13-26(14-12-16)23(28)20-9-5-18(6-10-20)17-3-7-19(8-4-17)22(24)25/h3-10,16H,2,11-15H2,1H3,(H3,24,25). The fourth-order valence-corrected chi connectivity index (χ4v) is 3.63. The molecule has 0 aliphatic carbocycles. The van der Waals surface area contributed by atoms with Crippen molar-refractivity contribution in [1.82, 2.24) is 4.90 Å². The molecule has 1 amide bonds. The van der Waals surface area contributed by atoms with E-state index < -0.39 is 0 Å². The van der Waals surface area contributed by atoms with Crippen molar-refractivity contribution >= 4 is 17.7 Å². The zero-order chi connectivity index (χ0) is 20.8. The first-order chi connectivity index (χ1) is 14.0. The highest BCUT2D eigenvalue weighted by Gasteiger charge is 2.25. The summed E-state index contributed by atoms with van der Waals surface area (Å²) in [7, 11) is 0. The van der Waals surface area contributed by atoms with Crippen LogP contribution in [-0.2, 0) is 9.53 Å². The second-order valence-electron chi connectivity index (χ2n) is 7.31. The van der Waals surface area contributed by atoms with Gasteiger partial charge in [0.2, 0.25) is 0 Å². The van der Waals surface area contributed by atoms with Gasteiger partial charge < -0.3 is 15.4 Å². The van der Waals surface area contributed by atoms with E-state index in [2.05, 4.69) is 0 Å². The summed E-state index contributed by atoms with van der Waals surface area (Å²) < 4.78 is 5.02. The number of nitrogens with zero attached hydrogens (tertiary/aromatic N) is 1. The van der Waals surface area contributed by atoms with Crippen molar-refractivity contribution in [2.45, 2.75) is 26.2 Å². The Kier molecular flexibility index (Phi) is 6.65. The molecular weight excluding hydrogens is 366 g/mol. The van der Waals surface area contributed by atoms with E-state index in [0.29, 0.717) is 43.2 Å². The lowest BCUT2D eigenvalue weighted by Crippen LogP contribution is -2.39. The lowest BCUT2D eigenvalue weighted by Gasteiger charge is -2.31. The number of hydrogen-bond donors (Lipinski definition) is 2. The van der Waals surface area contributed by atoms with Crippen LogP contribution in [0.25, 0.3) is 11.1 Å². The molecule has 0 spiro atoms. The molecule has 1 saturated heterocycles. The van der Waals surface area contributed by atoms with Gasteiger partial charge in [0, 0.05) is 30.6 Å². The van der Waals surface area contributed by atoms with E-state index in [9.17, 15) is 9.59 Å². The first-order valence-electron chi connectivity index (χ1n) is 9.97. The van der Waals surface area contributed by atoms with Gasteiger partial charge in [-0.25, -0.2) is 0 Å². The Morgan fingerprint density at radius 2 is 1.52 bits per heavy atom. The smallest absolute Gasteiger partial charge is 0.306 e. The molecule has 0 atom stereocenters. The molecule has 29 heavy (non-hydrogen) atoms. The number of rotatable bonds is 6. The topological polar surface area (TPSA) is 96.5 Å². The molecule has 0 radical (unpaired) electrons. The van der Waals surface area contributed by atoms with Crippen molar-refractivity contribution in [2.24, 2.45) is 11.7 Å². The van der Waals surface area contributed by atoms with Crippen LogP contribution in [0.5, 0.6) is 0 Å². The van der Waals surface area contributed by atoms with Gasteiger partial charge in [0.15, 0.2) is 0 Å². The number of hydrogen-bond acceptors (Lipinski definition) is 4. The van der Waals surface area contributed by atoms with Crippen LogP contribution in [0, 0.1) is 11.3 Å². The Labute approximate surface area is 171 Å². The summed E-state index contributed by atoms with van der Waals surface area (Å²) >= 11 is 0. The van der Waals surface area contributed by atoms with Crippen LogP contribution in [-0.4, -0.2) is 42.3 Å².